The Morgan fingerprint density at radius 2 is 1.97 bits per heavy atom. The molecule has 0 amide bonds. The maximum Gasteiger partial charge on any atom is 0.339 e. The van der Waals surface area contributed by atoms with Crippen molar-refractivity contribution in [3.63, 3.8) is 0 Å². The molecule has 3 unspecified atom stereocenters. The lowest BCUT2D eigenvalue weighted by Crippen LogP contribution is -2.69. The molecule has 2 N–H and O–H groups in total. The van der Waals surface area contributed by atoms with Crippen molar-refractivity contribution in [2.24, 2.45) is 40.4 Å². The predicted octanol–water partition coefficient (Wildman–Crippen LogP) is 3.84. The lowest BCUT2D eigenvalue weighted by atomic mass is 9.45. The van der Waals surface area contributed by atoms with Crippen LogP contribution in [0.15, 0.2) is 23.8 Å². The first-order valence-corrected chi connectivity index (χ1v) is 13.5. The first kappa shape index (κ1) is 22.6. The zero-order valence-corrected chi connectivity index (χ0v) is 20.6. The maximum atomic E-state index is 17.3. The number of carboxylic acids is 1. The second kappa shape index (κ2) is 6.84. The third-order valence-electron chi connectivity index (χ3n) is 12.0. The van der Waals surface area contributed by atoms with Gasteiger partial charge in [-0.3, -0.25) is 9.63 Å². The first-order chi connectivity index (χ1) is 16.5. The summed E-state index contributed by atoms with van der Waals surface area (Å²) in [5.74, 6) is -0.722. The SMILES string of the molecule is C[C@]12C=CC(=O)C=C1CC[C@H]1[C@@H]3C[C@H]4CN(C5CC6CCC5C6)O[C@@]4(C(=O)O)[C@@]3(C)C[C@H](O)[C@@]12F. The van der Waals surface area contributed by atoms with Crippen LogP contribution in [0.4, 0.5) is 4.39 Å². The average Bonchev–Trinajstić information content (AvgIpc) is 3.56. The number of rotatable bonds is 2. The van der Waals surface area contributed by atoms with Crippen molar-refractivity contribution in [3.05, 3.63) is 23.8 Å². The van der Waals surface area contributed by atoms with Crippen LogP contribution in [-0.2, 0) is 14.4 Å². The van der Waals surface area contributed by atoms with E-state index in [1.54, 1.807) is 13.0 Å². The van der Waals surface area contributed by atoms with Gasteiger partial charge in [0.05, 0.1) is 6.10 Å². The molecule has 35 heavy (non-hydrogen) atoms. The van der Waals surface area contributed by atoms with Crippen LogP contribution in [0.5, 0.6) is 0 Å². The van der Waals surface area contributed by atoms with Gasteiger partial charge < -0.3 is 10.2 Å². The fourth-order valence-electron chi connectivity index (χ4n) is 10.4. The Balaban J connectivity index is 1.27. The van der Waals surface area contributed by atoms with Gasteiger partial charge in [0.15, 0.2) is 17.1 Å². The second-order valence-electron chi connectivity index (χ2n) is 13.2. The zero-order chi connectivity index (χ0) is 24.5. The highest BCUT2D eigenvalue weighted by Crippen LogP contribution is 2.72. The van der Waals surface area contributed by atoms with Crippen LogP contribution in [0, 0.1) is 40.4 Å². The zero-order valence-electron chi connectivity index (χ0n) is 20.6. The molecule has 6 fully saturated rings. The van der Waals surface area contributed by atoms with E-state index in [9.17, 15) is 19.8 Å². The van der Waals surface area contributed by atoms with Crippen molar-refractivity contribution >= 4 is 11.8 Å². The van der Waals surface area contributed by atoms with Gasteiger partial charge >= 0.3 is 5.97 Å². The summed E-state index contributed by atoms with van der Waals surface area (Å²) in [4.78, 5) is 31.7. The molecule has 6 nitrogen and oxygen atoms in total. The molecule has 7 rings (SSSR count). The molecule has 7 heteroatoms. The van der Waals surface area contributed by atoms with Gasteiger partial charge in [-0.2, -0.15) is 5.06 Å². The molecule has 2 bridgehead atoms. The monoisotopic (exact) mass is 485 g/mol. The van der Waals surface area contributed by atoms with Crippen molar-refractivity contribution in [2.75, 3.05) is 6.54 Å². The predicted molar refractivity (Wildman–Crippen MR) is 125 cm³/mol. The van der Waals surface area contributed by atoms with Crippen molar-refractivity contribution in [1.82, 2.24) is 5.06 Å². The van der Waals surface area contributed by atoms with Gasteiger partial charge in [0.25, 0.3) is 0 Å². The van der Waals surface area contributed by atoms with E-state index < -0.39 is 40.1 Å². The number of aliphatic hydroxyl groups excluding tert-OH is 1. The number of aliphatic hydroxyl groups is 1. The molecule has 1 heterocycles. The number of carbonyl (C=O) groups is 2. The topological polar surface area (TPSA) is 87.1 Å². The van der Waals surface area contributed by atoms with E-state index in [0.717, 1.165) is 17.9 Å². The minimum Gasteiger partial charge on any atom is -0.479 e. The van der Waals surface area contributed by atoms with Gasteiger partial charge in [-0.05, 0) is 81.8 Å². The molecule has 190 valence electrons. The number of nitrogens with zero attached hydrogens (tertiary/aromatic N) is 1. The molecule has 5 saturated carbocycles. The fraction of sp³-hybridized carbons (Fsp3) is 0.786. The summed E-state index contributed by atoms with van der Waals surface area (Å²) in [7, 11) is 0. The van der Waals surface area contributed by atoms with Crippen LogP contribution in [0.2, 0.25) is 0 Å². The number of hydroxylamine groups is 2. The number of carboxylic acid groups (broad SMARTS) is 1. The summed E-state index contributed by atoms with van der Waals surface area (Å²) in [5.41, 5.74) is -4.56. The number of aliphatic carboxylic acids is 1. The minimum atomic E-state index is -1.94. The summed E-state index contributed by atoms with van der Waals surface area (Å²) in [5, 5.41) is 24.2. The van der Waals surface area contributed by atoms with Gasteiger partial charge in [-0.25, -0.2) is 9.18 Å². The molecule has 1 saturated heterocycles. The molecule has 0 aromatic heterocycles. The van der Waals surface area contributed by atoms with Gasteiger partial charge in [0.1, 0.15) is 0 Å². The molecule has 0 aromatic rings. The lowest BCUT2D eigenvalue weighted by Gasteiger charge is -2.62. The number of hydrogen-bond donors (Lipinski definition) is 2. The first-order valence-electron chi connectivity index (χ1n) is 13.5. The third kappa shape index (κ3) is 2.46. The number of fused-ring (bicyclic) bond motifs is 9. The van der Waals surface area contributed by atoms with Crippen LogP contribution in [0.3, 0.4) is 0 Å². The molecular formula is C28H36FNO5. The number of ketones is 1. The van der Waals surface area contributed by atoms with Gasteiger partial charge in [0, 0.05) is 35.3 Å². The normalized spacial score (nSPS) is 56.4. The largest absolute Gasteiger partial charge is 0.479 e. The Labute approximate surface area is 205 Å². The quantitative estimate of drug-likeness (QED) is 0.618. The van der Waals surface area contributed by atoms with Gasteiger partial charge in [-0.15, -0.1) is 0 Å². The molecule has 0 aromatic carbocycles. The molecule has 1 aliphatic heterocycles. The van der Waals surface area contributed by atoms with E-state index >= 15 is 4.39 Å². The van der Waals surface area contributed by atoms with Gasteiger partial charge in [-0.1, -0.05) is 25.0 Å². The second-order valence-corrected chi connectivity index (χ2v) is 13.2. The Kier molecular flexibility index (Phi) is 4.42. The maximum absolute atomic E-state index is 17.3. The summed E-state index contributed by atoms with van der Waals surface area (Å²) in [6.07, 6.45) is 9.76. The van der Waals surface area contributed by atoms with Crippen LogP contribution in [0.25, 0.3) is 0 Å². The van der Waals surface area contributed by atoms with Crippen molar-refractivity contribution in [2.45, 2.75) is 88.6 Å². The van der Waals surface area contributed by atoms with Crippen LogP contribution < -0.4 is 0 Å². The standard InChI is InChI=1S/C28H36FNO5/c1-25-8-7-19(31)11-17(25)5-6-20-21-12-18-14-30(22-10-15-3-4-16(22)9-15)35-28(18,24(33)34)26(21,2)13-23(32)27(20,25)29/h7-8,11,15-16,18,20-23,32H,3-6,9-10,12-14H2,1-2H3,(H,33,34)/t15?,16?,18-,20-,21-,22?,23-,25-,26-,27-,28-/m0/s1. The highest BCUT2D eigenvalue weighted by molar-refractivity contribution is 6.01. The molecule has 7 aliphatic rings. The number of alkyl halides is 1. The lowest BCUT2D eigenvalue weighted by molar-refractivity contribution is -0.283. The van der Waals surface area contributed by atoms with Crippen molar-refractivity contribution < 1.29 is 29.0 Å². The third-order valence-corrected chi connectivity index (χ3v) is 12.0. The van der Waals surface area contributed by atoms with E-state index in [1.807, 2.05) is 12.0 Å². The fourth-order valence-corrected chi connectivity index (χ4v) is 10.4. The Hall–Kier alpha value is -1.57. The van der Waals surface area contributed by atoms with Crippen LogP contribution >= 0.6 is 0 Å². The molecule has 11 atom stereocenters. The molecule has 6 aliphatic carbocycles. The van der Waals surface area contributed by atoms with Crippen LogP contribution in [0.1, 0.15) is 65.2 Å². The number of carbonyl (C=O) groups excluding carboxylic acids is 1. The Morgan fingerprint density at radius 1 is 1.17 bits per heavy atom. The molecular weight excluding hydrogens is 449 g/mol. The summed E-state index contributed by atoms with van der Waals surface area (Å²) in [6.45, 7) is 4.31. The van der Waals surface area contributed by atoms with E-state index in [2.05, 4.69) is 0 Å². The molecule has 0 spiro atoms. The van der Waals surface area contributed by atoms with E-state index in [4.69, 9.17) is 4.84 Å². The van der Waals surface area contributed by atoms with E-state index in [-0.39, 0.29) is 30.1 Å². The number of halogens is 1. The molecule has 0 radical (unpaired) electrons. The number of allylic oxidation sites excluding steroid dienone is 4. The Bertz CT molecular complexity index is 1070. The minimum absolute atomic E-state index is 0.0443. The smallest absolute Gasteiger partial charge is 0.339 e. The van der Waals surface area contributed by atoms with E-state index in [0.29, 0.717) is 31.7 Å². The Morgan fingerprint density at radius 3 is 2.66 bits per heavy atom. The summed E-state index contributed by atoms with van der Waals surface area (Å²) in [6, 6.07) is 0.276. The highest BCUT2D eigenvalue weighted by atomic mass is 19.1. The van der Waals surface area contributed by atoms with Crippen LogP contribution in [-0.4, -0.2) is 57.0 Å². The van der Waals surface area contributed by atoms with Crippen molar-refractivity contribution in [1.29, 1.82) is 0 Å². The van der Waals surface area contributed by atoms with Gasteiger partial charge in [0.2, 0.25) is 0 Å². The summed E-state index contributed by atoms with van der Waals surface area (Å²) < 4.78 is 17.3. The highest BCUT2D eigenvalue weighted by Gasteiger charge is 2.79. The van der Waals surface area contributed by atoms with E-state index in [1.165, 1.54) is 31.4 Å². The average molecular weight is 486 g/mol. The summed E-state index contributed by atoms with van der Waals surface area (Å²) >= 11 is 0. The van der Waals surface area contributed by atoms with Crippen molar-refractivity contribution in [3.8, 4) is 0 Å². The number of hydrogen-bond acceptors (Lipinski definition) is 5.